The van der Waals surface area contributed by atoms with Gasteiger partial charge in [0.1, 0.15) is 29.5 Å². The van der Waals surface area contributed by atoms with Gasteiger partial charge in [0.05, 0.1) is 17.5 Å². The molecule has 1 aromatic heterocycles. The SMILES string of the molecule is Cc1cc(O)c(-c2n[nH]c3c2C(c2ccc(OCc4ccccc4)cc2)N(C2CCS(=O)(=O)C2)C3=O)cc1C. The first-order chi connectivity index (χ1) is 18.7. The van der Waals surface area contributed by atoms with Gasteiger partial charge >= 0.3 is 0 Å². The average molecular weight is 544 g/mol. The number of phenols is 1. The van der Waals surface area contributed by atoms with Crippen molar-refractivity contribution in [3.05, 3.63) is 100 Å². The molecule has 2 N–H and O–H groups in total. The van der Waals surface area contributed by atoms with Crippen molar-refractivity contribution in [2.45, 2.75) is 39.0 Å². The molecule has 1 fully saturated rings. The van der Waals surface area contributed by atoms with Crippen LogP contribution in [-0.2, 0) is 16.4 Å². The lowest BCUT2D eigenvalue weighted by Gasteiger charge is -2.31. The van der Waals surface area contributed by atoms with Crippen LogP contribution < -0.4 is 4.74 Å². The minimum atomic E-state index is -3.23. The number of H-pyrrole nitrogens is 1. The van der Waals surface area contributed by atoms with Gasteiger partial charge in [0.2, 0.25) is 0 Å². The van der Waals surface area contributed by atoms with Crippen LogP contribution in [0.1, 0.15) is 50.8 Å². The molecule has 0 bridgehead atoms. The molecule has 9 heteroatoms. The number of fused-ring (bicyclic) bond motifs is 1. The second-order valence-electron chi connectivity index (χ2n) is 10.3. The van der Waals surface area contributed by atoms with Crippen LogP contribution in [0.3, 0.4) is 0 Å². The molecule has 6 rings (SSSR count). The quantitative estimate of drug-likeness (QED) is 0.364. The van der Waals surface area contributed by atoms with E-state index in [0.29, 0.717) is 41.3 Å². The summed E-state index contributed by atoms with van der Waals surface area (Å²) in [5.74, 6) is 0.447. The monoisotopic (exact) mass is 543 g/mol. The predicted octanol–water partition coefficient (Wildman–Crippen LogP) is 4.71. The molecule has 0 radical (unpaired) electrons. The number of nitrogens with one attached hydrogen (secondary N) is 1. The smallest absolute Gasteiger partial charge is 0.273 e. The summed E-state index contributed by atoms with van der Waals surface area (Å²) in [7, 11) is -3.23. The van der Waals surface area contributed by atoms with E-state index in [1.54, 1.807) is 11.0 Å². The van der Waals surface area contributed by atoms with Gasteiger partial charge in [-0.3, -0.25) is 9.89 Å². The summed E-state index contributed by atoms with van der Waals surface area (Å²) in [6.07, 6.45) is 0.380. The number of aromatic nitrogens is 2. The highest BCUT2D eigenvalue weighted by atomic mass is 32.2. The number of ether oxygens (including phenoxy) is 1. The second kappa shape index (κ2) is 9.57. The number of hydrogen-bond acceptors (Lipinski definition) is 6. The van der Waals surface area contributed by atoms with Crippen molar-refractivity contribution in [1.29, 1.82) is 0 Å². The second-order valence-corrected chi connectivity index (χ2v) is 12.6. The molecule has 3 heterocycles. The molecule has 1 saturated heterocycles. The summed E-state index contributed by atoms with van der Waals surface area (Å²) in [5.41, 5.74) is 5.76. The molecular weight excluding hydrogens is 514 g/mol. The maximum atomic E-state index is 13.7. The maximum absolute atomic E-state index is 13.7. The van der Waals surface area contributed by atoms with Crippen LogP contribution in [0.2, 0.25) is 0 Å². The van der Waals surface area contributed by atoms with Crippen LogP contribution in [0.5, 0.6) is 11.5 Å². The molecule has 2 aliphatic heterocycles. The van der Waals surface area contributed by atoms with Crippen molar-refractivity contribution in [1.82, 2.24) is 15.1 Å². The Hall–Kier alpha value is -4.11. The highest BCUT2D eigenvalue weighted by molar-refractivity contribution is 7.91. The van der Waals surface area contributed by atoms with Gasteiger partial charge in [-0.1, -0.05) is 42.5 Å². The zero-order valence-electron chi connectivity index (χ0n) is 21.7. The highest BCUT2D eigenvalue weighted by Gasteiger charge is 2.48. The number of phenolic OH excluding ortho intramolecular Hbond substituents is 1. The molecule has 4 aromatic rings. The number of rotatable bonds is 6. The lowest BCUT2D eigenvalue weighted by Crippen LogP contribution is -2.40. The maximum Gasteiger partial charge on any atom is 0.273 e. The Balaban J connectivity index is 1.40. The molecule has 0 spiro atoms. The van der Waals surface area contributed by atoms with Crippen LogP contribution >= 0.6 is 0 Å². The summed E-state index contributed by atoms with van der Waals surface area (Å²) in [6.45, 7) is 4.30. The minimum absolute atomic E-state index is 0.0530. The fraction of sp³-hybridized carbons (Fsp3) is 0.267. The minimum Gasteiger partial charge on any atom is -0.507 e. The molecule has 2 aliphatic rings. The summed E-state index contributed by atoms with van der Waals surface area (Å²) < 4.78 is 30.7. The molecule has 200 valence electrons. The van der Waals surface area contributed by atoms with Crippen molar-refractivity contribution in [2.75, 3.05) is 11.5 Å². The van der Waals surface area contributed by atoms with E-state index in [2.05, 4.69) is 10.2 Å². The van der Waals surface area contributed by atoms with E-state index >= 15 is 0 Å². The molecule has 0 aliphatic carbocycles. The highest BCUT2D eigenvalue weighted by Crippen LogP contribution is 2.47. The van der Waals surface area contributed by atoms with Crippen molar-refractivity contribution in [2.24, 2.45) is 0 Å². The molecular formula is C30H29N3O5S. The van der Waals surface area contributed by atoms with E-state index in [4.69, 9.17) is 4.74 Å². The first-order valence-corrected chi connectivity index (χ1v) is 14.7. The number of benzene rings is 3. The van der Waals surface area contributed by atoms with Crippen LogP contribution in [-0.4, -0.2) is 52.1 Å². The van der Waals surface area contributed by atoms with Crippen LogP contribution in [0.25, 0.3) is 11.3 Å². The van der Waals surface area contributed by atoms with Gasteiger partial charge < -0.3 is 14.7 Å². The molecule has 0 saturated carbocycles. The fourth-order valence-corrected chi connectivity index (χ4v) is 7.26. The zero-order chi connectivity index (χ0) is 27.3. The van der Waals surface area contributed by atoms with Gasteiger partial charge in [0.25, 0.3) is 5.91 Å². The van der Waals surface area contributed by atoms with Gasteiger partial charge in [0.15, 0.2) is 9.84 Å². The third-order valence-corrected chi connectivity index (χ3v) is 9.47. The predicted molar refractivity (Wildman–Crippen MR) is 147 cm³/mol. The summed E-state index contributed by atoms with van der Waals surface area (Å²) in [6, 6.07) is 19.9. The number of hydrogen-bond donors (Lipinski definition) is 2. The Kier molecular flexibility index (Phi) is 6.18. The van der Waals surface area contributed by atoms with E-state index in [0.717, 1.165) is 22.3 Å². The van der Waals surface area contributed by atoms with Gasteiger partial charge in [-0.15, -0.1) is 0 Å². The lowest BCUT2D eigenvalue weighted by atomic mass is 9.93. The van der Waals surface area contributed by atoms with Crippen LogP contribution in [0.15, 0.2) is 66.7 Å². The average Bonchev–Trinajstić information content (AvgIpc) is 3.59. The molecule has 1 amide bonds. The topological polar surface area (TPSA) is 113 Å². The molecule has 8 nitrogen and oxygen atoms in total. The Labute approximate surface area is 227 Å². The van der Waals surface area contributed by atoms with E-state index in [1.165, 1.54) is 0 Å². The number of amides is 1. The number of sulfone groups is 1. The number of nitrogens with zero attached hydrogens (tertiary/aromatic N) is 2. The Morgan fingerprint density at radius 2 is 1.77 bits per heavy atom. The number of carbonyl (C=O) groups is 1. The lowest BCUT2D eigenvalue weighted by molar-refractivity contribution is 0.0677. The van der Waals surface area contributed by atoms with E-state index in [9.17, 15) is 18.3 Å². The van der Waals surface area contributed by atoms with E-state index in [1.807, 2.05) is 74.5 Å². The number of aromatic hydroxyl groups is 1. The zero-order valence-corrected chi connectivity index (χ0v) is 22.5. The Morgan fingerprint density at radius 3 is 2.46 bits per heavy atom. The summed E-state index contributed by atoms with van der Waals surface area (Å²) >= 11 is 0. The Morgan fingerprint density at radius 1 is 1.05 bits per heavy atom. The fourth-order valence-electron chi connectivity index (χ4n) is 5.55. The normalized spacial score (nSPS) is 19.8. The van der Waals surface area contributed by atoms with E-state index in [-0.39, 0.29) is 23.2 Å². The van der Waals surface area contributed by atoms with Gasteiger partial charge in [-0.25, -0.2) is 8.42 Å². The van der Waals surface area contributed by atoms with Gasteiger partial charge in [-0.2, -0.15) is 5.10 Å². The first kappa shape index (κ1) is 25.2. The van der Waals surface area contributed by atoms with Crippen molar-refractivity contribution in [3.8, 4) is 22.8 Å². The number of aryl methyl sites for hydroxylation is 2. The van der Waals surface area contributed by atoms with Crippen LogP contribution in [0, 0.1) is 13.8 Å². The van der Waals surface area contributed by atoms with Crippen molar-refractivity contribution >= 4 is 15.7 Å². The Bertz CT molecular complexity index is 1660. The van der Waals surface area contributed by atoms with Gasteiger partial charge in [0, 0.05) is 17.2 Å². The van der Waals surface area contributed by atoms with E-state index < -0.39 is 21.9 Å². The third kappa shape index (κ3) is 4.57. The molecule has 39 heavy (non-hydrogen) atoms. The summed E-state index contributed by atoms with van der Waals surface area (Å²) in [4.78, 5) is 15.4. The third-order valence-electron chi connectivity index (χ3n) is 7.72. The number of carbonyl (C=O) groups excluding carboxylic acids is 1. The molecule has 3 aromatic carbocycles. The summed E-state index contributed by atoms with van der Waals surface area (Å²) in [5, 5.41) is 18.2. The van der Waals surface area contributed by atoms with Crippen LogP contribution in [0.4, 0.5) is 0 Å². The van der Waals surface area contributed by atoms with Crippen molar-refractivity contribution < 1.29 is 23.1 Å². The number of aromatic amines is 1. The first-order valence-electron chi connectivity index (χ1n) is 12.9. The standard InChI is InChI=1S/C30H29N3O5S/c1-18-14-24(25(34)15-19(18)2)27-26-28(32-31-27)30(35)33(22-12-13-39(36,37)17-22)29(26)21-8-10-23(11-9-21)38-16-20-6-4-3-5-7-20/h3-11,14-15,22,29,34H,12-13,16-17H2,1-2H3,(H,31,32). The molecule has 2 unspecified atom stereocenters. The van der Waals surface area contributed by atoms with Crippen molar-refractivity contribution in [3.63, 3.8) is 0 Å². The molecule has 2 atom stereocenters. The van der Waals surface area contributed by atoms with Gasteiger partial charge in [-0.05, 0) is 66.8 Å². The largest absolute Gasteiger partial charge is 0.507 e.